The summed E-state index contributed by atoms with van der Waals surface area (Å²) in [6.07, 6.45) is 1.72. The zero-order valence-corrected chi connectivity index (χ0v) is 20.2. The molecule has 2 N–H and O–H groups in total. The van der Waals surface area contributed by atoms with Crippen molar-refractivity contribution in [2.24, 2.45) is 0 Å². The van der Waals surface area contributed by atoms with Crippen molar-refractivity contribution in [2.75, 3.05) is 18.5 Å². The van der Waals surface area contributed by atoms with Gasteiger partial charge < -0.3 is 19.9 Å². The lowest BCUT2D eigenvalue weighted by molar-refractivity contribution is -0.126. The van der Waals surface area contributed by atoms with E-state index in [1.165, 1.54) is 0 Å². The van der Waals surface area contributed by atoms with Crippen LogP contribution in [0.2, 0.25) is 0 Å². The summed E-state index contributed by atoms with van der Waals surface area (Å²) < 4.78 is 7.15. The van der Waals surface area contributed by atoms with E-state index < -0.39 is 18.5 Å². The van der Waals surface area contributed by atoms with E-state index in [0.717, 1.165) is 39.5 Å². The molecule has 0 saturated carbocycles. The number of nitrogens with zero attached hydrogens (tertiary/aromatic N) is 2. The summed E-state index contributed by atoms with van der Waals surface area (Å²) >= 11 is 0. The van der Waals surface area contributed by atoms with Gasteiger partial charge in [-0.05, 0) is 63.9 Å². The number of pyridine rings is 1. The number of amides is 2. The average Bonchev–Trinajstić information content (AvgIpc) is 3.07. The second-order valence-corrected chi connectivity index (χ2v) is 8.37. The van der Waals surface area contributed by atoms with Crippen molar-refractivity contribution in [2.45, 2.75) is 41.2 Å². The third-order valence-corrected chi connectivity index (χ3v) is 5.56. The van der Waals surface area contributed by atoms with Crippen LogP contribution in [0.4, 0.5) is 5.69 Å². The second-order valence-electron chi connectivity index (χ2n) is 8.37. The van der Waals surface area contributed by atoms with Gasteiger partial charge in [-0.25, -0.2) is 4.79 Å². The van der Waals surface area contributed by atoms with E-state index in [-0.39, 0.29) is 12.5 Å². The fraction of sp³-hybridized carbons (Fsp3) is 0.308. The molecule has 0 fully saturated rings. The van der Waals surface area contributed by atoms with Crippen molar-refractivity contribution < 1.29 is 19.1 Å². The summed E-state index contributed by atoms with van der Waals surface area (Å²) in [4.78, 5) is 41.3. The first-order valence-electron chi connectivity index (χ1n) is 11.0. The number of aryl methyl sites for hydroxylation is 4. The van der Waals surface area contributed by atoms with Crippen LogP contribution in [0.5, 0.6) is 0 Å². The Bertz CT molecular complexity index is 1190. The Balaban J connectivity index is 1.51. The minimum absolute atomic E-state index is 0.221. The molecule has 0 spiro atoms. The van der Waals surface area contributed by atoms with Crippen LogP contribution in [-0.2, 0) is 20.9 Å². The molecule has 3 rings (SSSR count). The molecule has 1 aromatic carbocycles. The van der Waals surface area contributed by atoms with Gasteiger partial charge in [0, 0.05) is 23.3 Å². The zero-order valence-electron chi connectivity index (χ0n) is 20.2. The van der Waals surface area contributed by atoms with E-state index in [0.29, 0.717) is 12.1 Å². The van der Waals surface area contributed by atoms with Crippen molar-refractivity contribution in [1.82, 2.24) is 14.9 Å². The van der Waals surface area contributed by atoms with E-state index in [9.17, 15) is 14.4 Å². The summed E-state index contributed by atoms with van der Waals surface area (Å²) in [6.45, 7) is 9.39. The van der Waals surface area contributed by atoms with Crippen LogP contribution in [0, 0.1) is 34.6 Å². The van der Waals surface area contributed by atoms with Gasteiger partial charge in [-0.1, -0.05) is 23.8 Å². The van der Waals surface area contributed by atoms with Crippen LogP contribution in [0.1, 0.15) is 44.1 Å². The van der Waals surface area contributed by atoms with Gasteiger partial charge in [-0.15, -0.1) is 0 Å². The van der Waals surface area contributed by atoms with E-state index in [1.807, 2.05) is 69.5 Å². The predicted molar refractivity (Wildman–Crippen MR) is 130 cm³/mol. The number of aromatic nitrogens is 2. The maximum atomic E-state index is 12.6. The Morgan fingerprint density at radius 2 is 1.68 bits per heavy atom. The highest BCUT2D eigenvalue weighted by atomic mass is 16.5. The van der Waals surface area contributed by atoms with Gasteiger partial charge in [0.2, 0.25) is 5.91 Å². The van der Waals surface area contributed by atoms with Gasteiger partial charge >= 0.3 is 5.97 Å². The zero-order chi connectivity index (χ0) is 24.8. The van der Waals surface area contributed by atoms with Crippen LogP contribution >= 0.6 is 0 Å². The van der Waals surface area contributed by atoms with Gasteiger partial charge in [-0.3, -0.25) is 14.6 Å². The quantitative estimate of drug-likeness (QED) is 0.500. The predicted octanol–water partition coefficient (Wildman–Crippen LogP) is 3.39. The summed E-state index contributed by atoms with van der Waals surface area (Å²) in [5.74, 6) is -1.50. The standard InChI is InChI=1S/C26H30N4O4/c1-16-10-17(2)25(18(3)11-16)29-23(31)13-28-24(32)15-34-26(33)22-12-19(4)30(20(22)5)14-21-8-6-7-9-27-21/h6-12H,13-15H2,1-5H3,(H,28,32)(H,29,31). The molecule has 0 aliphatic carbocycles. The number of carbonyl (C=O) groups is 3. The molecule has 0 atom stereocenters. The van der Waals surface area contributed by atoms with Crippen molar-refractivity contribution >= 4 is 23.5 Å². The van der Waals surface area contributed by atoms with Crippen LogP contribution in [-0.4, -0.2) is 40.5 Å². The van der Waals surface area contributed by atoms with Crippen molar-refractivity contribution in [3.63, 3.8) is 0 Å². The lowest BCUT2D eigenvalue weighted by atomic mass is 10.1. The van der Waals surface area contributed by atoms with Crippen molar-refractivity contribution in [3.05, 3.63) is 81.9 Å². The molecule has 2 heterocycles. The first-order valence-corrected chi connectivity index (χ1v) is 11.0. The first kappa shape index (κ1) is 24.7. The van der Waals surface area contributed by atoms with Crippen molar-refractivity contribution in [1.29, 1.82) is 0 Å². The Morgan fingerprint density at radius 1 is 0.971 bits per heavy atom. The number of esters is 1. The number of ether oxygens (including phenoxy) is 1. The molecule has 8 nitrogen and oxygen atoms in total. The minimum atomic E-state index is -0.592. The highest BCUT2D eigenvalue weighted by Gasteiger charge is 2.19. The molecule has 0 radical (unpaired) electrons. The maximum Gasteiger partial charge on any atom is 0.340 e. The Morgan fingerprint density at radius 3 is 2.32 bits per heavy atom. The number of nitrogens with one attached hydrogen (secondary N) is 2. The topological polar surface area (TPSA) is 102 Å². The molecule has 178 valence electrons. The Labute approximate surface area is 199 Å². The Hall–Kier alpha value is -3.94. The lowest BCUT2D eigenvalue weighted by Crippen LogP contribution is -2.35. The second kappa shape index (κ2) is 10.8. The monoisotopic (exact) mass is 462 g/mol. The number of hydrogen-bond donors (Lipinski definition) is 2. The third kappa shape index (κ3) is 6.10. The van der Waals surface area contributed by atoms with Crippen LogP contribution in [0.25, 0.3) is 0 Å². The average molecular weight is 463 g/mol. The molecular weight excluding hydrogens is 432 g/mol. The molecule has 8 heteroatoms. The van der Waals surface area contributed by atoms with Crippen LogP contribution in [0.15, 0.2) is 42.6 Å². The van der Waals surface area contributed by atoms with E-state index in [2.05, 4.69) is 15.6 Å². The van der Waals surface area contributed by atoms with Gasteiger partial charge in [0.1, 0.15) is 0 Å². The molecule has 0 bridgehead atoms. The van der Waals surface area contributed by atoms with Gasteiger partial charge in [-0.2, -0.15) is 0 Å². The van der Waals surface area contributed by atoms with E-state index in [4.69, 9.17) is 4.74 Å². The molecule has 0 saturated heterocycles. The largest absolute Gasteiger partial charge is 0.452 e. The van der Waals surface area contributed by atoms with E-state index in [1.54, 1.807) is 12.3 Å². The number of benzene rings is 1. The van der Waals surface area contributed by atoms with Gasteiger partial charge in [0.15, 0.2) is 6.61 Å². The van der Waals surface area contributed by atoms with E-state index >= 15 is 0 Å². The molecular formula is C26H30N4O4. The number of anilines is 1. The minimum Gasteiger partial charge on any atom is -0.452 e. The summed E-state index contributed by atoms with van der Waals surface area (Å²) in [5, 5.41) is 5.30. The van der Waals surface area contributed by atoms with Crippen LogP contribution in [0.3, 0.4) is 0 Å². The number of rotatable bonds is 8. The number of carbonyl (C=O) groups excluding carboxylic acids is 3. The smallest absolute Gasteiger partial charge is 0.340 e. The first-order chi connectivity index (χ1) is 16.2. The van der Waals surface area contributed by atoms with Crippen molar-refractivity contribution in [3.8, 4) is 0 Å². The molecule has 2 aromatic heterocycles. The molecule has 3 aromatic rings. The number of hydrogen-bond acceptors (Lipinski definition) is 5. The van der Waals surface area contributed by atoms with Crippen LogP contribution < -0.4 is 10.6 Å². The fourth-order valence-electron chi connectivity index (χ4n) is 3.90. The lowest BCUT2D eigenvalue weighted by Gasteiger charge is -2.13. The molecule has 0 aliphatic rings. The molecule has 2 amide bonds. The highest BCUT2D eigenvalue weighted by molar-refractivity contribution is 5.96. The van der Waals surface area contributed by atoms with Gasteiger partial charge in [0.05, 0.1) is 24.3 Å². The molecule has 34 heavy (non-hydrogen) atoms. The highest BCUT2D eigenvalue weighted by Crippen LogP contribution is 2.21. The normalized spacial score (nSPS) is 10.6. The van der Waals surface area contributed by atoms with Gasteiger partial charge in [0.25, 0.3) is 5.91 Å². The summed E-state index contributed by atoms with van der Waals surface area (Å²) in [7, 11) is 0. The molecule has 0 aliphatic heterocycles. The third-order valence-electron chi connectivity index (χ3n) is 5.56. The Kier molecular flexibility index (Phi) is 7.83. The maximum absolute atomic E-state index is 12.6. The summed E-state index contributed by atoms with van der Waals surface area (Å²) in [6, 6.07) is 11.4. The SMILES string of the molecule is Cc1cc(C)c(NC(=O)CNC(=O)COC(=O)c2cc(C)n(Cc3ccccn3)c2C)c(C)c1. The molecule has 0 unspecified atom stereocenters. The fourth-order valence-corrected chi connectivity index (χ4v) is 3.90. The summed E-state index contributed by atoms with van der Waals surface area (Å²) in [5.41, 5.74) is 6.63.